The molecule has 2 nitrogen and oxygen atoms in total. The van der Waals surface area contributed by atoms with Crippen LogP contribution in [-0.2, 0) is 11.3 Å². The zero-order chi connectivity index (χ0) is 17.3. The molecule has 4 heteroatoms. The quantitative estimate of drug-likeness (QED) is 0.571. The maximum absolute atomic E-state index is 12.8. The van der Waals surface area contributed by atoms with Gasteiger partial charge in [-0.3, -0.25) is 9.69 Å². The first-order valence-electron chi connectivity index (χ1n) is 7.83. The Morgan fingerprint density at radius 2 is 1.71 bits per heavy atom. The molecule has 2 aromatic carbocycles. The second kappa shape index (κ2) is 6.91. The number of amides is 1. The SMILES string of the molecule is Cc1cc(C)c(C=C2SC(=S)N(Cc3ccccc3)C2=O)c(C)c1. The molecule has 0 aromatic heterocycles. The summed E-state index contributed by atoms with van der Waals surface area (Å²) in [7, 11) is 0. The van der Waals surface area contributed by atoms with Crippen molar-refractivity contribution in [3.8, 4) is 0 Å². The van der Waals surface area contributed by atoms with Crippen molar-refractivity contribution in [2.75, 3.05) is 0 Å². The van der Waals surface area contributed by atoms with Gasteiger partial charge in [-0.1, -0.05) is 72.0 Å². The van der Waals surface area contributed by atoms with Crippen LogP contribution in [0, 0.1) is 20.8 Å². The number of carbonyl (C=O) groups excluding carboxylic acids is 1. The van der Waals surface area contributed by atoms with Crippen molar-refractivity contribution in [2.45, 2.75) is 27.3 Å². The van der Waals surface area contributed by atoms with E-state index in [0.29, 0.717) is 15.8 Å². The fourth-order valence-corrected chi connectivity index (χ4v) is 4.19. The summed E-state index contributed by atoms with van der Waals surface area (Å²) in [6, 6.07) is 14.2. The molecule has 122 valence electrons. The van der Waals surface area contributed by atoms with Crippen molar-refractivity contribution in [1.82, 2.24) is 4.90 Å². The Bertz CT molecular complexity index is 817. The van der Waals surface area contributed by atoms with Crippen molar-refractivity contribution in [3.63, 3.8) is 0 Å². The Kier molecular flexibility index (Phi) is 4.88. The standard InChI is InChI=1S/C20H19NOS2/c1-13-9-14(2)17(15(3)10-13)11-18-19(22)21(20(23)24-18)12-16-7-5-4-6-8-16/h4-11H,12H2,1-3H3. The summed E-state index contributed by atoms with van der Waals surface area (Å²) in [5, 5.41) is 0. The van der Waals surface area contributed by atoms with Crippen molar-refractivity contribution < 1.29 is 4.79 Å². The maximum Gasteiger partial charge on any atom is 0.266 e. The second-order valence-electron chi connectivity index (χ2n) is 6.07. The van der Waals surface area contributed by atoms with E-state index >= 15 is 0 Å². The summed E-state index contributed by atoms with van der Waals surface area (Å²) in [5.74, 6) is -0.00627. The van der Waals surface area contributed by atoms with Crippen molar-refractivity contribution in [2.24, 2.45) is 0 Å². The first-order valence-corrected chi connectivity index (χ1v) is 9.05. The van der Waals surface area contributed by atoms with Crippen LogP contribution in [-0.4, -0.2) is 15.1 Å². The predicted molar refractivity (Wildman–Crippen MR) is 106 cm³/mol. The van der Waals surface area contributed by atoms with E-state index in [9.17, 15) is 4.79 Å². The summed E-state index contributed by atoms with van der Waals surface area (Å²) in [6.45, 7) is 6.77. The number of rotatable bonds is 3. The van der Waals surface area contributed by atoms with Crippen molar-refractivity contribution >= 4 is 40.3 Å². The van der Waals surface area contributed by atoms with Gasteiger partial charge in [-0.2, -0.15) is 0 Å². The third-order valence-electron chi connectivity index (χ3n) is 4.07. The van der Waals surface area contributed by atoms with Crippen LogP contribution in [0.2, 0.25) is 0 Å². The maximum atomic E-state index is 12.8. The van der Waals surface area contributed by atoms with Crippen molar-refractivity contribution in [1.29, 1.82) is 0 Å². The average molecular weight is 354 g/mol. The van der Waals surface area contributed by atoms with Gasteiger partial charge in [-0.15, -0.1) is 0 Å². The summed E-state index contributed by atoms with van der Waals surface area (Å²) in [5.41, 5.74) is 5.79. The van der Waals surface area contributed by atoms with Gasteiger partial charge in [-0.05, 0) is 49.1 Å². The lowest BCUT2D eigenvalue weighted by atomic mass is 9.99. The molecule has 1 aliphatic rings. The van der Waals surface area contributed by atoms with Crippen LogP contribution in [0.25, 0.3) is 6.08 Å². The van der Waals surface area contributed by atoms with E-state index in [2.05, 4.69) is 32.9 Å². The van der Waals surface area contributed by atoms with Crippen LogP contribution in [0.3, 0.4) is 0 Å². The normalized spacial score (nSPS) is 16.3. The Balaban J connectivity index is 1.89. The molecule has 1 saturated heterocycles. The minimum atomic E-state index is -0.00627. The van der Waals surface area contributed by atoms with Gasteiger partial charge in [0.15, 0.2) is 0 Å². The molecule has 0 atom stereocenters. The molecule has 1 aliphatic heterocycles. The number of hydrogen-bond donors (Lipinski definition) is 0. The second-order valence-corrected chi connectivity index (χ2v) is 7.74. The third-order valence-corrected chi connectivity index (χ3v) is 5.45. The molecule has 0 bridgehead atoms. The minimum Gasteiger partial charge on any atom is -0.288 e. The third kappa shape index (κ3) is 3.45. The van der Waals surface area contributed by atoms with Gasteiger partial charge in [0.05, 0.1) is 11.4 Å². The van der Waals surface area contributed by atoms with Gasteiger partial charge in [0, 0.05) is 0 Å². The monoisotopic (exact) mass is 353 g/mol. The number of aryl methyl sites for hydroxylation is 3. The van der Waals surface area contributed by atoms with Gasteiger partial charge in [-0.25, -0.2) is 0 Å². The average Bonchev–Trinajstić information content (AvgIpc) is 2.79. The number of hydrogen-bond acceptors (Lipinski definition) is 3. The molecule has 0 unspecified atom stereocenters. The smallest absolute Gasteiger partial charge is 0.266 e. The van der Waals surface area contributed by atoms with Gasteiger partial charge >= 0.3 is 0 Å². The molecule has 0 saturated carbocycles. The Labute approximate surface area is 152 Å². The highest BCUT2D eigenvalue weighted by atomic mass is 32.2. The molecule has 1 amide bonds. The molecule has 0 aliphatic carbocycles. The van der Waals surface area contributed by atoms with E-state index in [1.807, 2.05) is 36.4 Å². The molecule has 3 rings (SSSR count). The van der Waals surface area contributed by atoms with E-state index < -0.39 is 0 Å². The lowest BCUT2D eigenvalue weighted by Crippen LogP contribution is -2.27. The van der Waals surface area contributed by atoms with Crippen LogP contribution in [0.5, 0.6) is 0 Å². The Morgan fingerprint density at radius 3 is 2.33 bits per heavy atom. The fraction of sp³-hybridized carbons (Fsp3) is 0.200. The highest BCUT2D eigenvalue weighted by Gasteiger charge is 2.32. The first kappa shape index (κ1) is 16.9. The lowest BCUT2D eigenvalue weighted by molar-refractivity contribution is -0.122. The van der Waals surface area contributed by atoms with Gasteiger partial charge in [0.1, 0.15) is 4.32 Å². The molecule has 0 N–H and O–H groups in total. The molecule has 0 radical (unpaired) electrons. The number of nitrogens with zero attached hydrogens (tertiary/aromatic N) is 1. The number of benzene rings is 2. The van der Waals surface area contributed by atoms with Crippen LogP contribution >= 0.6 is 24.0 Å². The van der Waals surface area contributed by atoms with E-state index in [4.69, 9.17) is 12.2 Å². The zero-order valence-corrected chi connectivity index (χ0v) is 15.6. The summed E-state index contributed by atoms with van der Waals surface area (Å²) in [6.07, 6.45) is 1.98. The minimum absolute atomic E-state index is 0.00627. The van der Waals surface area contributed by atoms with Gasteiger partial charge in [0.25, 0.3) is 5.91 Å². The van der Waals surface area contributed by atoms with Crippen molar-refractivity contribution in [3.05, 3.63) is 75.2 Å². The molecule has 1 fully saturated rings. The topological polar surface area (TPSA) is 20.3 Å². The molecule has 24 heavy (non-hydrogen) atoms. The molecule has 2 aromatic rings. The number of thiocarbonyl (C=S) groups is 1. The summed E-state index contributed by atoms with van der Waals surface area (Å²) >= 11 is 6.81. The van der Waals surface area contributed by atoms with Crippen LogP contribution < -0.4 is 0 Å². The van der Waals surface area contributed by atoms with Gasteiger partial charge in [0.2, 0.25) is 0 Å². The van der Waals surface area contributed by atoms with E-state index in [1.165, 1.54) is 28.5 Å². The fourth-order valence-electron chi connectivity index (χ4n) is 2.95. The van der Waals surface area contributed by atoms with Crippen LogP contribution in [0.15, 0.2) is 47.4 Å². The molecular weight excluding hydrogens is 334 g/mol. The Morgan fingerprint density at radius 1 is 1.08 bits per heavy atom. The molecular formula is C20H19NOS2. The first-order chi connectivity index (χ1) is 11.5. The van der Waals surface area contributed by atoms with Crippen LogP contribution in [0.1, 0.15) is 27.8 Å². The highest BCUT2D eigenvalue weighted by molar-refractivity contribution is 8.26. The Hall–Kier alpha value is -1.91. The van der Waals surface area contributed by atoms with E-state index in [1.54, 1.807) is 4.90 Å². The predicted octanol–water partition coefficient (Wildman–Crippen LogP) is 5.01. The van der Waals surface area contributed by atoms with Crippen LogP contribution in [0.4, 0.5) is 0 Å². The van der Waals surface area contributed by atoms with E-state index in [-0.39, 0.29) is 5.91 Å². The summed E-state index contributed by atoms with van der Waals surface area (Å²) < 4.78 is 0.623. The van der Waals surface area contributed by atoms with Gasteiger partial charge < -0.3 is 0 Å². The number of thioether (sulfide) groups is 1. The summed E-state index contributed by atoms with van der Waals surface area (Å²) in [4.78, 5) is 15.1. The zero-order valence-electron chi connectivity index (χ0n) is 14.0. The largest absolute Gasteiger partial charge is 0.288 e. The lowest BCUT2D eigenvalue weighted by Gasteiger charge is -2.14. The molecule has 1 heterocycles. The molecule has 0 spiro atoms. The highest BCUT2D eigenvalue weighted by Crippen LogP contribution is 2.34. The van der Waals surface area contributed by atoms with E-state index in [0.717, 1.165) is 11.1 Å². The number of carbonyl (C=O) groups is 1.